The first-order chi connectivity index (χ1) is 11.5. The van der Waals surface area contributed by atoms with Gasteiger partial charge in [0.1, 0.15) is 6.04 Å². The van der Waals surface area contributed by atoms with E-state index in [2.05, 4.69) is 15.9 Å². The molecule has 0 spiro atoms. The minimum atomic E-state index is -0.457. The van der Waals surface area contributed by atoms with E-state index < -0.39 is 6.04 Å². The van der Waals surface area contributed by atoms with Crippen molar-refractivity contribution in [1.82, 2.24) is 0 Å². The Morgan fingerprint density at radius 1 is 1.29 bits per heavy atom. The number of halogens is 2. The topological polar surface area (TPSA) is 58.7 Å². The molecule has 24 heavy (non-hydrogen) atoms. The summed E-state index contributed by atoms with van der Waals surface area (Å²) in [6.45, 7) is 1.95. The summed E-state index contributed by atoms with van der Waals surface area (Å²) in [6, 6.07) is 10.7. The van der Waals surface area contributed by atoms with Gasteiger partial charge in [-0.15, -0.1) is 0 Å². The molecule has 0 fully saturated rings. The molecule has 1 heterocycles. The first kappa shape index (κ1) is 17.0. The summed E-state index contributed by atoms with van der Waals surface area (Å²) < 4.78 is 0.718. The van der Waals surface area contributed by atoms with Crippen molar-refractivity contribution >= 4 is 50.5 Å². The maximum atomic E-state index is 12.7. The number of carbonyl (C=O) groups excluding carboxylic acids is 1. The quantitative estimate of drug-likeness (QED) is 0.757. The normalized spacial score (nSPS) is 17.3. The van der Waals surface area contributed by atoms with Crippen LogP contribution in [-0.4, -0.2) is 24.7 Å². The molecule has 1 unspecified atom stereocenters. The molecule has 0 aliphatic carbocycles. The zero-order valence-corrected chi connectivity index (χ0v) is 15.7. The van der Waals surface area contributed by atoms with E-state index in [-0.39, 0.29) is 5.91 Å². The second kappa shape index (κ2) is 6.57. The number of anilines is 2. The summed E-state index contributed by atoms with van der Waals surface area (Å²) in [5, 5.41) is 0.586. The number of hydrogen-bond acceptors (Lipinski definition) is 3. The summed E-state index contributed by atoms with van der Waals surface area (Å²) in [4.78, 5) is 19.1. The fraction of sp³-hybridized carbons (Fsp3) is 0.222. The molecule has 1 aliphatic rings. The van der Waals surface area contributed by atoms with Gasteiger partial charge in [0.15, 0.2) is 0 Å². The van der Waals surface area contributed by atoms with Gasteiger partial charge in [-0.1, -0.05) is 36.7 Å². The molecule has 2 N–H and O–H groups in total. The van der Waals surface area contributed by atoms with Gasteiger partial charge < -0.3 is 10.6 Å². The molecule has 2 aromatic rings. The van der Waals surface area contributed by atoms with Gasteiger partial charge in [-0.05, 0) is 40.5 Å². The van der Waals surface area contributed by atoms with Crippen LogP contribution >= 0.6 is 27.5 Å². The Bertz CT molecular complexity index is 850. The van der Waals surface area contributed by atoms with Crippen LogP contribution in [0.5, 0.6) is 0 Å². The number of hydrogen-bond donors (Lipinski definition) is 1. The summed E-state index contributed by atoms with van der Waals surface area (Å²) in [7, 11) is 1.76. The molecule has 2 aromatic carbocycles. The van der Waals surface area contributed by atoms with Crippen LogP contribution in [0.15, 0.2) is 45.9 Å². The lowest BCUT2D eigenvalue weighted by Gasteiger charge is -2.21. The van der Waals surface area contributed by atoms with Gasteiger partial charge in [-0.2, -0.15) is 0 Å². The number of fused-ring (bicyclic) bond motifs is 1. The summed E-state index contributed by atoms with van der Waals surface area (Å²) in [5.74, 6) is -0.0440. The van der Waals surface area contributed by atoms with E-state index in [1.807, 2.05) is 37.3 Å². The summed E-state index contributed by atoms with van der Waals surface area (Å²) in [6.07, 6.45) is 0.609. The zero-order chi connectivity index (χ0) is 17.4. The van der Waals surface area contributed by atoms with Crippen molar-refractivity contribution < 1.29 is 4.79 Å². The molecule has 1 amide bonds. The van der Waals surface area contributed by atoms with Crippen molar-refractivity contribution in [3.05, 3.63) is 57.0 Å². The lowest BCUT2D eigenvalue weighted by Crippen LogP contribution is -2.34. The number of aliphatic imine (C=N–C) groups is 1. The third-order valence-electron chi connectivity index (χ3n) is 4.16. The highest BCUT2D eigenvalue weighted by Crippen LogP contribution is 2.38. The van der Waals surface area contributed by atoms with Crippen LogP contribution in [0.1, 0.15) is 24.5 Å². The number of carbonyl (C=O) groups is 1. The molecule has 0 bridgehead atoms. The number of amides is 1. The first-order valence-electron chi connectivity index (χ1n) is 7.64. The molecule has 6 heteroatoms. The predicted octanol–water partition coefficient (Wildman–Crippen LogP) is 4.28. The van der Waals surface area contributed by atoms with Gasteiger partial charge >= 0.3 is 0 Å². The van der Waals surface area contributed by atoms with Crippen LogP contribution in [0.3, 0.4) is 0 Å². The standard InChI is InChI=1S/C18H17BrClN3O/c1-3-13-18(24)23(2)14-9-8-12(21)16(19)15(14)17(22-13)10-6-4-5-7-11(10)20/h4-9,13H,3,21H2,1-2H3. The smallest absolute Gasteiger partial charge is 0.251 e. The minimum absolute atomic E-state index is 0.0440. The molecule has 4 nitrogen and oxygen atoms in total. The lowest BCUT2D eigenvalue weighted by atomic mass is 9.99. The molecular formula is C18H17BrClN3O. The third-order valence-corrected chi connectivity index (χ3v) is 5.35. The van der Waals surface area contributed by atoms with Gasteiger partial charge in [0, 0.05) is 28.9 Å². The van der Waals surface area contributed by atoms with E-state index in [0.717, 1.165) is 21.3 Å². The van der Waals surface area contributed by atoms with Crippen molar-refractivity contribution in [3.8, 4) is 0 Å². The minimum Gasteiger partial charge on any atom is -0.398 e. The number of benzene rings is 2. The van der Waals surface area contributed by atoms with Crippen molar-refractivity contribution in [2.24, 2.45) is 4.99 Å². The number of benzodiazepines with no additional fused rings is 1. The van der Waals surface area contributed by atoms with E-state index >= 15 is 0 Å². The molecule has 0 aromatic heterocycles. The largest absolute Gasteiger partial charge is 0.398 e. The summed E-state index contributed by atoms with van der Waals surface area (Å²) in [5.41, 5.74) is 9.68. The van der Waals surface area contributed by atoms with E-state index in [9.17, 15) is 4.79 Å². The molecule has 3 rings (SSSR count). The van der Waals surface area contributed by atoms with Crippen LogP contribution in [0.4, 0.5) is 11.4 Å². The average molecular weight is 407 g/mol. The lowest BCUT2D eigenvalue weighted by molar-refractivity contribution is -0.119. The molecule has 1 aliphatic heterocycles. The van der Waals surface area contributed by atoms with E-state index in [1.165, 1.54) is 0 Å². The SMILES string of the molecule is CCC1N=C(c2ccccc2Cl)c2c(ccc(N)c2Br)N(C)C1=O. The summed E-state index contributed by atoms with van der Waals surface area (Å²) >= 11 is 9.97. The van der Waals surface area contributed by atoms with Crippen LogP contribution in [0.2, 0.25) is 5.02 Å². The monoisotopic (exact) mass is 405 g/mol. The van der Waals surface area contributed by atoms with Crippen LogP contribution in [0.25, 0.3) is 0 Å². The van der Waals surface area contributed by atoms with Crippen molar-refractivity contribution in [1.29, 1.82) is 0 Å². The Labute approximate surface area is 154 Å². The number of nitrogens with zero attached hydrogens (tertiary/aromatic N) is 2. The number of nitrogen functional groups attached to an aromatic ring is 1. The molecule has 1 atom stereocenters. The molecular weight excluding hydrogens is 390 g/mol. The van der Waals surface area contributed by atoms with Crippen molar-refractivity contribution in [2.75, 3.05) is 17.7 Å². The average Bonchev–Trinajstić information content (AvgIpc) is 2.68. The molecule has 0 saturated heterocycles. The Morgan fingerprint density at radius 3 is 2.67 bits per heavy atom. The molecule has 124 valence electrons. The maximum Gasteiger partial charge on any atom is 0.251 e. The fourth-order valence-corrected chi connectivity index (χ4v) is 3.58. The van der Waals surface area contributed by atoms with Gasteiger partial charge in [-0.3, -0.25) is 9.79 Å². The Balaban J connectivity index is 2.37. The Kier molecular flexibility index (Phi) is 4.65. The maximum absolute atomic E-state index is 12.7. The van der Waals surface area contributed by atoms with Gasteiger partial charge in [-0.25, -0.2) is 0 Å². The van der Waals surface area contributed by atoms with Gasteiger partial charge in [0.05, 0.1) is 15.9 Å². The number of rotatable bonds is 2. The van der Waals surface area contributed by atoms with Crippen LogP contribution in [-0.2, 0) is 4.79 Å². The number of nitrogens with two attached hydrogens (primary N) is 1. The van der Waals surface area contributed by atoms with E-state index in [0.29, 0.717) is 22.8 Å². The van der Waals surface area contributed by atoms with E-state index in [1.54, 1.807) is 18.0 Å². The van der Waals surface area contributed by atoms with E-state index in [4.69, 9.17) is 22.3 Å². The van der Waals surface area contributed by atoms with Crippen LogP contribution < -0.4 is 10.6 Å². The second-order valence-electron chi connectivity index (χ2n) is 5.64. The van der Waals surface area contributed by atoms with Crippen LogP contribution in [0, 0.1) is 0 Å². The predicted molar refractivity (Wildman–Crippen MR) is 103 cm³/mol. The number of likely N-dealkylation sites (N-methyl/N-ethyl adjacent to an activating group) is 1. The Hall–Kier alpha value is -1.85. The highest BCUT2D eigenvalue weighted by Gasteiger charge is 2.31. The third kappa shape index (κ3) is 2.72. The molecule has 0 radical (unpaired) electrons. The fourth-order valence-electron chi connectivity index (χ4n) is 2.83. The highest BCUT2D eigenvalue weighted by molar-refractivity contribution is 9.10. The molecule has 0 saturated carbocycles. The van der Waals surface area contributed by atoms with Gasteiger partial charge in [0.25, 0.3) is 5.91 Å². The second-order valence-corrected chi connectivity index (χ2v) is 6.84. The first-order valence-corrected chi connectivity index (χ1v) is 8.81. The zero-order valence-electron chi connectivity index (χ0n) is 13.4. The highest BCUT2D eigenvalue weighted by atomic mass is 79.9. The van der Waals surface area contributed by atoms with Crippen molar-refractivity contribution in [2.45, 2.75) is 19.4 Å². The van der Waals surface area contributed by atoms with Gasteiger partial charge in [0.2, 0.25) is 0 Å². The Morgan fingerprint density at radius 2 is 2.00 bits per heavy atom. The van der Waals surface area contributed by atoms with Crippen molar-refractivity contribution in [3.63, 3.8) is 0 Å².